The normalized spacial score (nSPS) is 11.2. The molecule has 4 nitrogen and oxygen atoms in total. The molecule has 0 atom stereocenters. The lowest BCUT2D eigenvalue weighted by molar-refractivity contribution is 0.317. The van der Waals surface area contributed by atoms with Gasteiger partial charge < -0.3 is 4.74 Å². The molecule has 0 amide bonds. The van der Waals surface area contributed by atoms with Gasteiger partial charge in [0.05, 0.1) is 22.2 Å². The van der Waals surface area contributed by atoms with Gasteiger partial charge in [-0.25, -0.2) is 12.8 Å². The van der Waals surface area contributed by atoms with Crippen LogP contribution in [0.1, 0.15) is 13.3 Å². The van der Waals surface area contributed by atoms with Crippen molar-refractivity contribution in [2.45, 2.75) is 18.2 Å². The van der Waals surface area contributed by atoms with Crippen LogP contribution in [0.2, 0.25) is 5.02 Å². The molecule has 0 saturated heterocycles. The summed E-state index contributed by atoms with van der Waals surface area (Å²) in [4.78, 5) is 0.0804. The van der Waals surface area contributed by atoms with Crippen molar-refractivity contribution < 1.29 is 17.5 Å². The van der Waals surface area contributed by atoms with E-state index in [2.05, 4.69) is 4.72 Å². The molecule has 0 bridgehead atoms. The Morgan fingerprint density at radius 1 is 1.18 bits per heavy atom. The van der Waals surface area contributed by atoms with Crippen LogP contribution in [0.25, 0.3) is 0 Å². The standard InChI is InChI=1S/C15H15ClFNO3S/c1-2-9-21-12-4-6-13(7-5-12)22(19,20)18-11-3-8-15(17)14(16)10-11/h3-8,10,18H,2,9H2,1H3. The topological polar surface area (TPSA) is 55.4 Å². The van der Waals surface area contributed by atoms with Crippen molar-refractivity contribution in [1.29, 1.82) is 0 Å². The average Bonchev–Trinajstić information content (AvgIpc) is 2.49. The molecule has 0 spiro atoms. The Kier molecular flexibility index (Phi) is 5.26. The SMILES string of the molecule is CCCOc1ccc(S(=O)(=O)Nc2ccc(F)c(Cl)c2)cc1. The van der Waals surface area contributed by atoms with E-state index in [0.29, 0.717) is 12.4 Å². The van der Waals surface area contributed by atoms with Crippen molar-refractivity contribution in [1.82, 2.24) is 0 Å². The molecule has 0 saturated carbocycles. The minimum atomic E-state index is -3.77. The molecule has 2 aromatic carbocycles. The number of rotatable bonds is 6. The predicted octanol–water partition coefficient (Wildman–Crippen LogP) is 4.07. The molecule has 22 heavy (non-hydrogen) atoms. The van der Waals surface area contributed by atoms with E-state index in [1.54, 1.807) is 12.1 Å². The number of sulfonamides is 1. The van der Waals surface area contributed by atoms with Gasteiger partial charge in [0.1, 0.15) is 11.6 Å². The number of hydrogen-bond donors (Lipinski definition) is 1. The lowest BCUT2D eigenvalue weighted by Gasteiger charge is -2.10. The van der Waals surface area contributed by atoms with E-state index in [-0.39, 0.29) is 15.6 Å². The highest BCUT2D eigenvalue weighted by Crippen LogP contribution is 2.23. The fourth-order valence-corrected chi connectivity index (χ4v) is 2.94. The van der Waals surface area contributed by atoms with E-state index in [9.17, 15) is 12.8 Å². The summed E-state index contributed by atoms with van der Waals surface area (Å²) >= 11 is 5.63. The van der Waals surface area contributed by atoms with Gasteiger partial charge in [-0.05, 0) is 48.9 Å². The third kappa shape index (κ3) is 4.11. The maximum Gasteiger partial charge on any atom is 0.261 e. The van der Waals surface area contributed by atoms with Gasteiger partial charge >= 0.3 is 0 Å². The van der Waals surface area contributed by atoms with Gasteiger partial charge in [-0.3, -0.25) is 4.72 Å². The summed E-state index contributed by atoms with van der Waals surface area (Å²) in [7, 11) is -3.77. The summed E-state index contributed by atoms with van der Waals surface area (Å²) in [6.07, 6.45) is 0.868. The van der Waals surface area contributed by atoms with E-state index in [1.165, 1.54) is 24.3 Å². The maximum atomic E-state index is 13.1. The number of anilines is 1. The second kappa shape index (κ2) is 6.98. The Bertz CT molecular complexity index is 748. The van der Waals surface area contributed by atoms with Gasteiger partial charge in [-0.1, -0.05) is 18.5 Å². The molecular weight excluding hydrogens is 329 g/mol. The molecule has 0 aliphatic heterocycles. The van der Waals surface area contributed by atoms with E-state index < -0.39 is 15.8 Å². The Morgan fingerprint density at radius 2 is 1.86 bits per heavy atom. The van der Waals surface area contributed by atoms with Crippen molar-refractivity contribution in [3.8, 4) is 5.75 Å². The second-order valence-electron chi connectivity index (χ2n) is 4.55. The Balaban J connectivity index is 2.17. The lowest BCUT2D eigenvalue weighted by atomic mass is 10.3. The predicted molar refractivity (Wildman–Crippen MR) is 84.4 cm³/mol. The summed E-state index contributed by atoms with van der Waals surface area (Å²) in [5.41, 5.74) is 0.192. The van der Waals surface area contributed by atoms with Crippen molar-refractivity contribution in [2.75, 3.05) is 11.3 Å². The van der Waals surface area contributed by atoms with Crippen LogP contribution in [0.5, 0.6) is 5.75 Å². The molecule has 0 heterocycles. The summed E-state index contributed by atoms with van der Waals surface area (Å²) in [5.74, 6) is -0.00679. The van der Waals surface area contributed by atoms with Crippen LogP contribution in [0.3, 0.4) is 0 Å². The fourth-order valence-electron chi connectivity index (χ4n) is 1.71. The minimum absolute atomic E-state index is 0.0804. The highest BCUT2D eigenvalue weighted by atomic mass is 35.5. The first kappa shape index (κ1) is 16.6. The zero-order valence-electron chi connectivity index (χ0n) is 11.8. The highest BCUT2D eigenvalue weighted by Gasteiger charge is 2.15. The smallest absolute Gasteiger partial charge is 0.261 e. The molecule has 1 N–H and O–H groups in total. The molecule has 0 fully saturated rings. The van der Waals surface area contributed by atoms with Crippen LogP contribution in [0.15, 0.2) is 47.4 Å². The maximum absolute atomic E-state index is 13.1. The van der Waals surface area contributed by atoms with Crippen LogP contribution in [-0.4, -0.2) is 15.0 Å². The Hall–Kier alpha value is -1.79. The quantitative estimate of drug-likeness (QED) is 0.860. The van der Waals surface area contributed by atoms with Crippen LogP contribution in [0, 0.1) is 5.82 Å². The number of halogens is 2. The van der Waals surface area contributed by atoms with Crippen LogP contribution < -0.4 is 9.46 Å². The number of nitrogens with one attached hydrogen (secondary N) is 1. The first-order valence-electron chi connectivity index (χ1n) is 6.63. The van der Waals surface area contributed by atoms with Gasteiger partial charge in [0, 0.05) is 0 Å². The molecule has 2 aromatic rings. The van der Waals surface area contributed by atoms with Crippen LogP contribution >= 0.6 is 11.6 Å². The minimum Gasteiger partial charge on any atom is -0.494 e. The molecule has 0 radical (unpaired) electrons. The third-order valence-corrected chi connectivity index (χ3v) is 4.47. The Morgan fingerprint density at radius 3 is 2.45 bits per heavy atom. The summed E-state index contributed by atoms with van der Waals surface area (Å²) in [6.45, 7) is 2.55. The van der Waals surface area contributed by atoms with E-state index in [4.69, 9.17) is 16.3 Å². The van der Waals surface area contributed by atoms with Gasteiger partial charge in [0.25, 0.3) is 10.0 Å². The van der Waals surface area contributed by atoms with Crippen LogP contribution in [0.4, 0.5) is 10.1 Å². The van der Waals surface area contributed by atoms with E-state index in [0.717, 1.165) is 12.5 Å². The summed E-state index contributed by atoms with van der Waals surface area (Å²) in [5, 5.41) is -0.150. The van der Waals surface area contributed by atoms with Gasteiger partial charge in [-0.2, -0.15) is 0 Å². The zero-order valence-corrected chi connectivity index (χ0v) is 13.4. The van der Waals surface area contributed by atoms with Gasteiger partial charge in [-0.15, -0.1) is 0 Å². The number of hydrogen-bond acceptors (Lipinski definition) is 3. The second-order valence-corrected chi connectivity index (χ2v) is 6.64. The molecule has 7 heteroatoms. The third-order valence-electron chi connectivity index (χ3n) is 2.78. The molecule has 2 rings (SSSR count). The van der Waals surface area contributed by atoms with Crippen molar-refractivity contribution in [2.24, 2.45) is 0 Å². The molecule has 0 unspecified atom stereocenters. The molecule has 0 aliphatic carbocycles. The molecule has 0 aromatic heterocycles. The summed E-state index contributed by atoms with van der Waals surface area (Å²) in [6, 6.07) is 9.67. The largest absolute Gasteiger partial charge is 0.494 e. The van der Waals surface area contributed by atoms with Crippen molar-refractivity contribution >= 4 is 27.3 Å². The van der Waals surface area contributed by atoms with E-state index in [1.807, 2.05) is 6.92 Å². The first-order valence-corrected chi connectivity index (χ1v) is 8.49. The average molecular weight is 344 g/mol. The van der Waals surface area contributed by atoms with Gasteiger partial charge in [0.15, 0.2) is 0 Å². The van der Waals surface area contributed by atoms with Crippen molar-refractivity contribution in [3.05, 3.63) is 53.3 Å². The highest BCUT2D eigenvalue weighted by molar-refractivity contribution is 7.92. The first-order chi connectivity index (χ1) is 10.4. The summed E-state index contributed by atoms with van der Waals surface area (Å²) < 4.78 is 45.3. The fraction of sp³-hybridized carbons (Fsp3) is 0.200. The van der Waals surface area contributed by atoms with Crippen LogP contribution in [-0.2, 0) is 10.0 Å². The molecule has 118 valence electrons. The van der Waals surface area contributed by atoms with Gasteiger partial charge in [0.2, 0.25) is 0 Å². The number of ether oxygens (including phenoxy) is 1. The molecular formula is C15H15ClFNO3S. The number of benzene rings is 2. The lowest BCUT2D eigenvalue weighted by Crippen LogP contribution is -2.13. The molecule has 0 aliphatic rings. The zero-order chi connectivity index (χ0) is 16.2. The monoisotopic (exact) mass is 343 g/mol. The van der Waals surface area contributed by atoms with Crippen molar-refractivity contribution in [3.63, 3.8) is 0 Å². The van der Waals surface area contributed by atoms with E-state index >= 15 is 0 Å². The Labute approximate surface area is 133 Å².